The fourth-order valence-corrected chi connectivity index (χ4v) is 2.77. The lowest BCUT2D eigenvalue weighted by Crippen LogP contribution is -2.13. The molecule has 0 aliphatic rings. The first-order chi connectivity index (χ1) is 14.4. The van der Waals surface area contributed by atoms with E-state index in [1.807, 2.05) is 6.07 Å². The van der Waals surface area contributed by atoms with Crippen LogP contribution in [0, 0.1) is 21.4 Å². The van der Waals surface area contributed by atoms with E-state index in [1.54, 1.807) is 24.3 Å². The Hall–Kier alpha value is -4.09. The van der Waals surface area contributed by atoms with E-state index in [1.165, 1.54) is 43.5 Å². The molecule has 8 nitrogen and oxygen atoms in total. The molecule has 0 spiro atoms. The molecule has 0 saturated carbocycles. The Morgan fingerprint density at radius 3 is 2.60 bits per heavy atom. The van der Waals surface area contributed by atoms with Gasteiger partial charge in [0.2, 0.25) is 0 Å². The number of hydrogen-bond acceptors (Lipinski definition) is 6. The van der Waals surface area contributed by atoms with Crippen molar-refractivity contribution < 1.29 is 18.9 Å². The van der Waals surface area contributed by atoms with Crippen LogP contribution in [0.15, 0.2) is 64.6 Å². The summed E-state index contributed by atoms with van der Waals surface area (Å²) in [6, 6.07) is 15.6. The number of nitro benzene ring substituents is 1. The summed E-state index contributed by atoms with van der Waals surface area (Å²) in [6.45, 7) is 0. The zero-order valence-corrected chi connectivity index (χ0v) is 16.3. The zero-order chi connectivity index (χ0) is 21.7. The summed E-state index contributed by atoms with van der Waals surface area (Å²) in [5, 5.41) is 23.4. The number of nitriles is 1. The molecule has 1 heterocycles. The molecule has 1 N–H and O–H groups in total. The average Bonchev–Trinajstić information content (AvgIpc) is 3.20. The lowest BCUT2D eigenvalue weighted by atomic mass is 10.1. The number of nitro groups is 1. The molecule has 0 radical (unpaired) electrons. The van der Waals surface area contributed by atoms with E-state index in [4.69, 9.17) is 20.8 Å². The summed E-state index contributed by atoms with van der Waals surface area (Å²) in [6.07, 6.45) is 1.25. The van der Waals surface area contributed by atoms with Crippen LogP contribution in [0.1, 0.15) is 5.76 Å². The van der Waals surface area contributed by atoms with Crippen LogP contribution < -0.4 is 10.1 Å². The van der Waals surface area contributed by atoms with Crippen LogP contribution >= 0.6 is 11.6 Å². The number of methoxy groups -OCH3 is 1. The lowest BCUT2D eigenvalue weighted by Gasteiger charge is -2.05. The molecule has 0 atom stereocenters. The Morgan fingerprint density at radius 1 is 1.23 bits per heavy atom. The minimum atomic E-state index is -0.627. The Morgan fingerprint density at radius 2 is 1.97 bits per heavy atom. The van der Waals surface area contributed by atoms with E-state index in [2.05, 4.69) is 5.32 Å². The van der Waals surface area contributed by atoms with Crippen molar-refractivity contribution in [2.24, 2.45) is 0 Å². The quantitative estimate of drug-likeness (QED) is 0.256. The van der Waals surface area contributed by atoms with Crippen LogP contribution in [0.4, 0.5) is 11.4 Å². The molecule has 0 unspecified atom stereocenters. The van der Waals surface area contributed by atoms with Crippen molar-refractivity contribution in [3.05, 3.63) is 81.1 Å². The molecule has 9 heteroatoms. The van der Waals surface area contributed by atoms with Gasteiger partial charge in [0.1, 0.15) is 28.9 Å². The summed E-state index contributed by atoms with van der Waals surface area (Å²) in [5.41, 5.74) is 0.298. The second kappa shape index (κ2) is 8.94. The van der Waals surface area contributed by atoms with Crippen molar-refractivity contribution in [2.75, 3.05) is 12.4 Å². The largest absolute Gasteiger partial charge is 0.497 e. The van der Waals surface area contributed by atoms with Crippen molar-refractivity contribution in [3.8, 4) is 23.1 Å². The predicted octanol–water partition coefficient (Wildman–Crippen LogP) is 5.06. The van der Waals surface area contributed by atoms with Gasteiger partial charge in [-0.1, -0.05) is 11.6 Å². The minimum absolute atomic E-state index is 0.190. The van der Waals surface area contributed by atoms with Gasteiger partial charge in [-0.15, -0.1) is 0 Å². The Kier molecular flexibility index (Phi) is 6.15. The Labute approximate surface area is 176 Å². The number of ether oxygens (including phenoxy) is 1. The molecule has 3 rings (SSSR count). The van der Waals surface area contributed by atoms with Crippen molar-refractivity contribution in [2.45, 2.75) is 0 Å². The van der Waals surface area contributed by atoms with Gasteiger partial charge >= 0.3 is 0 Å². The molecule has 0 aliphatic carbocycles. The highest BCUT2D eigenvalue weighted by atomic mass is 35.5. The standard InChI is InChI=1S/C21H14ClN3O5/c1-29-16-5-3-15(4-6-16)24-21(26)13(12-23)10-17-7-9-20(30-17)18-8-2-14(22)11-19(18)25(27)28/h2-11H,1H3,(H,24,26)/b13-10+. The number of hydrogen-bond donors (Lipinski definition) is 1. The van der Waals surface area contributed by atoms with Gasteiger partial charge in [0.05, 0.1) is 17.6 Å². The molecular formula is C21H14ClN3O5. The van der Waals surface area contributed by atoms with E-state index in [0.717, 1.165) is 0 Å². The van der Waals surface area contributed by atoms with Gasteiger partial charge in [0, 0.05) is 22.9 Å². The van der Waals surface area contributed by atoms with E-state index >= 15 is 0 Å². The molecule has 0 bridgehead atoms. The van der Waals surface area contributed by atoms with E-state index in [-0.39, 0.29) is 33.4 Å². The number of rotatable bonds is 6. The lowest BCUT2D eigenvalue weighted by molar-refractivity contribution is -0.384. The maximum atomic E-state index is 12.4. The van der Waals surface area contributed by atoms with Crippen molar-refractivity contribution in [3.63, 3.8) is 0 Å². The number of halogens is 1. The van der Waals surface area contributed by atoms with Crippen molar-refractivity contribution in [1.82, 2.24) is 0 Å². The number of nitrogens with zero attached hydrogens (tertiary/aromatic N) is 2. The summed E-state index contributed by atoms with van der Waals surface area (Å²) < 4.78 is 10.6. The van der Waals surface area contributed by atoms with Gasteiger partial charge in [0.25, 0.3) is 11.6 Å². The number of carbonyl (C=O) groups excluding carboxylic acids is 1. The second-order valence-corrected chi connectivity index (χ2v) is 6.41. The summed E-state index contributed by atoms with van der Waals surface area (Å²) in [4.78, 5) is 23.1. The highest BCUT2D eigenvalue weighted by Gasteiger charge is 2.19. The second-order valence-electron chi connectivity index (χ2n) is 5.97. The fourth-order valence-electron chi connectivity index (χ4n) is 2.60. The normalized spacial score (nSPS) is 10.9. The van der Waals surface area contributed by atoms with E-state index in [9.17, 15) is 20.2 Å². The zero-order valence-electron chi connectivity index (χ0n) is 15.6. The first-order valence-electron chi connectivity index (χ1n) is 8.52. The van der Waals surface area contributed by atoms with Crippen LogP contribution in [-0.2, 0) is 4.79 Å². The SMILES string of the molecule is COc1ccc(NC(=O)/C(C#N)=C/c2ccc(-c3ccc(Cl)cc3[N+](=O)[O-])o2)cc1. The predicted molar refractivity (Wildman–Crippen MR) is 111 cm³/mol. The monoisotopic (exact) mass is 423 g/mol. The number of carbonyl (C=O) groups is 1. The summed E-state index contributed by atoms with van der Waals surface area (Å²) >= 11 is 5.83. The fraction of sp³-hybridized carbons (Fsp3) is 0.0476. The van der Waals surface area contributed by atoms with Crippen LogP contribution in [0.25, 0.3) is 17.4 Å². The van der Waals surface area contributed by atoms with E-state index < -0.39 is 10.8 Å². The van der Waals surface area contributed by atoms with Gasteiger partial charge in [-0.05, 0) is 48.5 Å². The van der Waals surface area contributed by atoms with Crippen LogP contribution in [0.3, 0.4) is 0 Å². The molecule has 2 aromatic carbocycles. The van der Waals surface area contributed by atoms with Crippen LogP contribution in [0.5, 0.6) is 5.75 Å². The molecule has 0 fully saturated rings. The Bertz CT molecular complexity index is 1180. The number of benzene rings is 2. The van der Waals surface area contributed by atoms with Gasteiger partial charge < -0.3 is 14.5 Å². The molecule has 1 aromatic heterocycles. The highest BCUT2D eigenvalue weighted by Crippen LogP contribution is 2.33. The first kappa shape index (κ1) is 20.6. The summed E-state index contributed by atoms with van der Waals surface area (Å²) in [5.74, 6) is 0.398. The Balaban J connectivity index is 1.84. The molecule has 0 aliphatic heterocycles. The molecule has 30 heavy (non-hydrogen) atoms. The average molecular weight is 424 g/mol. The van der Waals surface area contributed by atoms with E-state index in [0.29, 0.717) is 11.4 Å². The van der Waals surface area contributed by atoms with Crippen molar-refractivity contribution in [1.29, 1.82) is 5.26 Å². The third-order valence-electron chi connectivity index (χ3n) is 4.05. The number of furan rings is 1. The summed E-state index contributed by atoms with van der Waals surface area (Å²) in [7, 11) is 1.53. The number of amides is 1. The van der Waals surface area contributed by atoms with Crippen molar-refractivity contribution >= 4 is 35.0 Å². The van der Waals surface area contributed by atoms with Gasteiger partial charge in [0.15, 0.2) is 0 Å². The number of nitrogens with one attached hydrogen (secondary N) is 1. The topological polar surface area (TPSA) is 118 Å². The smallest absolute Gasteiger partial charge is 0.281 e. The minimum Gasteiger partial charge on any atom is -0.497 e. The van der Waals surface area contributed by atoms with Gasteiger partial charge in [-0.2, -0.15) is 5.26 Å². The van der Waals surface area contributed by atoms with Crippen LogP contribution in [-0.4, -0.2) is 17.9 Å². The molecule has 1 amide bonds. The molecule has 3 aromatic rings. The third-order valence-corrected chi connectivity index (χ3v) is 4.28. The maximum Gasteiger partial charge on any atom is 0.281 e. The molecule has 150 valence electrons. The first-order valence-corrected chi connectivity index (χ1v) is 8.90. The molecular weight excluding hydrogens is 410 g/mol. The number of anilines is 1. The van der Waals surface area contributed by atoms with Gasteiger partial charge in [-0.3, -0.25) is 14.9 Å². The van der Waals surface area contributed by atoms with Crippen LogP contribution in [0.2, 0.25) is 5.02 Å². The third kappa shape index (κ3) is 4.66. The van der Waals surface area contributed by atoms with Gasteiger partial charge in [-0.25, -0.2) is 0 Å². The highest BCUT2D eigenvalue weighted by molar-refractivity contribution is 6.30. The molecule has 0 saturated heterocycles. The maximum absolute atomic E-state index is 12.4.